The number of esters is 1. The highest BCUT2D eigenvalue weighted by atomic mass is 80.0. The average molecular weight is 637 g/mol. The van der Waals surface area contributed by atoms with E-state index < -0.39 is 8.25 Å². The molecule has 1 saturated carbocycles. The highest BCUT2D eigenvalue weighted by molar-refractivity contribution is 9.39. The second-order valence-corrected chi connectivity index (χ2v) is 15.8. The van der Waals surface area contributed by atoms with Crippen molar-refractivity contribution < 1.29 is 23.4 Å². The lowest BCUT2D eigenvalue weighted by atomic mass is 9.98. The summed E-state index contributed by atoms with van der Waals surface area (Å²) in [7, 11) is 3.10. The molecule has 2 aromatic carbocycles. The van der Waals surface area contributed by atoms with Gasteiger partial charge < -0.3 is 14.2 Å². The van der Waals surface area contributed by atoms with Gasteiger partial charge in [-0.25, -0.2) is 4.39 Å². The number of carbonyl (C=O) groups is 1. The molecular weight excluding hydrogens is 611 g/mol. The molecule has 174 valence electrons. The molecule has 4 nitrogen and oxygen atoms in total. The Kier molecular flexibility index (Phi) is 8.11. The predicted octanol–water partition coefficient (Wildman–Crippen LogP) is 7.11. The normalized spacial score (nSPS) is 20.5. The zero-order chi connectivity index (χ0) is 23.7. The maximum Gasteiger partial charge on any atom is 0.310 e. The van der Waals surface area contributed by atoms with Gasteiger partial charge in [0.2, 0.25) is 0 Å². The summed E-state index contributed by atoms with van der Waals surface area (Å²) in [4.78, 5) is 12.8. The Morgan fingerprint density at radius 2 is 1.84 bits per heavy atom. The van der Waals surface area contributed by atoms with Gasteiger partial charge in [0.15, 0.2) is 0 Å². The first-order valence-corrected chi connectivity index (χ1v) is 12.5. The number of ether oxygens (including phenoxy) is 3. The molecule has 0 saturated heterocycles. The van der Waals surface area contributed by atoms with E-state index in [0.717, 1.165) is 12.0 Å². The molecule has 0 radical (unpaired) electrons. The quantitative estimate of drug-likeness (QED) is 0.229. The summed E-state index contributed by atoms with van der Waals surface area (Å²) < 4.78 is 30.7. The largest absolute Gasteiger partial charge is 0.496 e. The summed E-state index contributed by atoms with van der Waals surface area (Å²) in [6.45, 7) is 4.20. The van der Waals surface area contributed by atoms with Gasteiger partial charge in [-0.2, -0.15) is 0 Å². The van der Waals surface area contributed by atoms with Crippen LogP contribution in [0, 0.1) is 23.1 Å². The van der Waals surface area contributed by atoms with Gasteiger partial charge in [-0.05, 0) is 41.5 Å². The Hall–Kier alpha value is -0.960. The number of methoxy groups -OCH3 is 2. The molecule has 8 heteroatoms. The SMILES string of the molecule is COc1ccc(C(OC)c2ccccc2F)cc1COC(=O)C1C(CC(Br)(Br)Br)C1(C)C. The van der Waals surface area contributed by atoms with Crippen molar-refractivity contribution in [1.29, 1.82) is 0 Å². The molecule has 0 amide bonds. The molecule has 0 heterocycles. The third kappa shape index (κ3) is 5.75. The van der Waals surface area contributed by atoms with Gasteiger partial charge in [-0.1, -0.05) is 85.9 Å². The van der Waals surface area contributed by atoms with Gasteiger partial charge in [0.05, 0.1) is 13.0 Å². The number of benzene rings is 2. The Bertz CT molecular complexity index is 974. The van der Waals surface area contributed by atoms with Gasteiger partial charge in [0, 0.05) is 18.2 Å². The van der Waals surface area contributed by atoms with Crippen molar-refractivity contribution in [3.8, 4) is 5.75 Å². The highest BCUT2D eigenvalue weighted by Crippen LogP contribution is 2.64. The minimum Gasteiger partial charge on any atom is -0.496 e. The summed E-state index contributed by atoms with van der Waals surface area (Å²) in [5.74, 6) is 0.0132. The smallest absolute Gasteiger partial charge is 0.310 e. The van der Waals surface area contributed by atoms with Crippen molar-refractivity contribution in [2.45, 2.75) is 35.1 Å². The van der Waals surface area contributed by atoms with E-state index in [4.69, 9.17) is 14.2 Å². The molecule has 0 aliphatic heterocycles. The Morgan fingerprint density at radius 1 is 1.16 bits per heavy atom. The van der Waals surface area contributed by atoms with Crippen LogP contribution >= 0.6 is 47.8 Å². The molecule has 0 spiro atoms. The van der Waals surface area contributed by atoms with Crippen LogP contribution in [-0.2, 0) is 20.9 Å². The number of carbonyl (C=O) groups excluding carboxylic acids is 1. The van der Waals surface area contributed by atoms with Crippen molar-refractivity contribution >= 4 is 53.8 Å². The number of alkyl halides is 3. The molecule has 0 N–H and O–H groups in total. The van der Waals surface area contributed by atoms with Gasteiger partial charge in [0.1, 0.15) is 26.4 Å². The maximum absolute atomic E-state index is 14.4. The average Bonchev–Trinajstić information content (AvgIpc) is 3.26. The molecule has 1 aliphatic carbocycles. The zero-order valence-corrected chi connectivity index (χ0v) is 23.1. The van der Waals surface area contributed by atoms with Gasteiger partial charge in [0.25, 0.3) is 0 Å². The number of hydrogen-bond donors (Lipinski definition) is 0. The van der Waals surface area contributed by atoms with Crippen molar-refractivity contribution in [3.05, 3.63) is 65.0 Å². The van der Waals surface area contributed by atoms with Crippen LogP contribution in [0.3, 0.4) is 0 Å². The molecule has 32 heavy (non-hydrogen) atoms. The fourth-order valence-corrected chi connectivity index (χ4v) is 5.33. The van der Waals surface area contributed by atoms with Gasteiger partial charge >= 0.3 is 5.97 Å². The third-order valence-electron chi connectivity index (χ3n) is 6.16. The van der Waals surface area contributed by atoms with Crippen LogP contribution in [0.1, 0.15) is 43.1 Å². The van der Waals surface area contributed by atoms with Crippen molar-refractivity contribution in [2.75, 3.05) is 14.2 Å². The standard InChI is InChI=1S/C24H26Br3FO4/c1-23(2)17(12-24(25,26)27)20(23)22(29)32-13-15-11-14(9-10-19(15)30-3)21(31-4)16-7-5-6-8-18(16)28/h5-11,17,20-21H,12-13H2,1-4H3. The fraction of sp³-hybridized carbons (Fsp3) is 0.458. The van der Waals surface area contributed by atoms with Crippen LogP contribution in [0.2, 0.25) is 0 Å². The second-order valence-electron chi connectivity index (χ2n) is 8.54. The van der Waals surface area contributed by atoms with E-state index in [1.807, 2.05) is 12.1 Å². The van der Waals surface area contributed by atoms with Crippen LogP contribution in [0.4, 0.5) is 4.39 Å². The first-order valence-electron chi connectivity index (χ1n) is 10.2. The van der Waals surface area contributed by atoms with Gasteiger partial charge in [-0.3, -0.25) is 4.79 Å². The number of hydrogen-bond acceptors (Lipinski definition) is 4. The summed E-state index contributed by atoms with van der Waals surface area (Å²) in [5.41, 5.74) is 1.74. The van der Waals surface area contributed by atoms with E-state index in [9.17, 15) is 9.18 Å². The molecule has 0 aromatic heterocycles. The summed E-state index contributed by atoms with van der Waals surface area (Å²) in [6, 6.07) is 12.0. The summed E-state index contributed by atoms with van der Waals surface area (Å²) in [5, 5.41) is 0. The van der Waals surface area contributed by atoms with E-state index in [2.05, 4.69) is 61.6 Å². The molecule has 3 atom stereocenters. The first kappa shape index (κ1) is 25.7. The second kappa shape index (κ2) is 10.1. The lowest BCUT2D eigenvalue weighted by Gasteiger charge is -2.19. The minimum atomic E-state index is -0.590. The van der Waals surface area contributed by atoms with Crippen molar-refractivity contribution in [2.24, 2.45) is 17.3 Å². The minimum absolute atomic E-state index is 0.0604. The highest BCUT2D eigenvalue weighted by Gasteiger charge is 2.63. The zero-order valence-electron chi connectivity index (χ0n) is 18.3. The van der Waals surface area contributed by atoms with E-state index in [-0.39, 0.29) is 35.6 Å². The van der Waals surface area contributed by atoms with Crippen LogP contribution in [0.15, 0.2) is 42.5 Å². The van der Waals surface area contributed by atoms with Crippen LogP contribution in [0.5, 0.6) is 5.75 Å². The van der Waals surface area contributed by atoms with Crippen molar-refractivity contribution in [1.82, 2.24) is 0 Å². The Morgan fingerprint density at radius 3 is 2.44 bits per heavy atom. The molecule has 2 aromatic rings. The molecular formula is C24H26Br3FO4. The van der Waals surface area contributed by atoms with Crippen LogP contribution in [0.25, 0.3) is 0 Å². The molecule has 1 aliphatic rings. The summed E-state index contributed by atoms with van der Waals surface area (Å²) >= 11 is 10.6. The Balaban J connectivity index is 1.77. The van der Waals surface area contributed by atoms with Crippen LogP contribution < -0.4 is 4.74 Å². The molecule has 0 bridgehead atoms. The lowest BCUT2D eigenvalue weighted by molar-refractivity contribution is -0.147. The van der Waals surface area contributed by atoms with E-state index >= 15 is 0 Å². The summed E-state index contributed by atoms with van der Waals surface area (Å²) in [6.07, 6.45) is 0.143. The Labute approximate surface area is 213 Å². The van der Waals surface area contributed by atoms with Gasteiger partial charge in [-0.15, -0.1) is 0 Å². The van der Waals surface area contributed by atoms with Crippen LogP contribution in [-0.4, -0.2) is 22.3 Å². The monoisotopic (exact) mass is 634 g/mol. The number of halogens is 4. The topological polar surface area (TPSA) is 44.8 Å². The molecule has 1 fully saturated rings. The maximum atomic E-state index is 14.4. The van der Waals surface area contributed by atoms with E-state index in [1.54, 1.807) is 31.4 Å². The third-order valence-corrected chi connectivity index (χ3v) is 7.13. The van der Waals surface area contributed by atoms with E-state index in [0.29, 0.717) is 16.9 Å². The molecule has 3 rings (SSSR count). The number of rotatable bonds is 8. The molecule has 3 unspecified atom stereocenters. The predicted molar refractivity (Wildman–Crippen MR) is 133 cm³/mol. The lowest BCUT2D eigenvalue weighted by Crippen LogP contribution is -2.12. The van der Waals surface area contributed by atoms with E-state index in [1.165, 1.54) is 13.2 Å². The van der Waals surface area contributed by atoms with Crippen molar-refractivity contribution in [3.63, 3.8) is 0 Å². The fourth-order valence-electron chi connectivity index (χ4n) is 4.29. The first-order chi connectivity index (χ1) is 15.0.